The van der Waals surface area contributed by atoms with E-state index in [9.17, 15) is 9.59 Å². The third kappa shape index (κ3) is 4.72. The number of aromatic nitrogens is 2. The molecule has 0 amide bonds. The van der Waals surface area contributed by atoms with Gasteiger partial charge in [-0.2, -0.15) is 0 Å². The maximum atomic E-state index is 13.3. The highest BCUT2D eigenvalue weighted by Crippen LogP contribution is 2.36. The molecule has 1 aliphatic rings. The van der Waals surface area contributed by atoms with Gasteiger partial charge in [0.25, 0.3) is 0 Å². The first kappa shape index (κ1) is 22.9. The van der Waals surface area contributed by atoms with Gasteiger partial charge in [0, 0.05) is 22.8 Å². The van der Waals surface area contributed by atoms with Gasteiger partial charge in [-0.3, -0.25) is 9.59 Å². The van der Waals surface area contributed by atoms with Crippen LogP contribution in [0.4, 0.5) is 5.82 Å². The fourth-order valence-corrected chi connectivity index (χ4v) is 5.79. The summed E-state index contributed by atoms with van der Waals surface area (Å²) in [6.45, 7) is 4.49. The third-order valence-electron chi connectivity index (χ3n) is 6.11. The Morgan fingerprint density at radius 1 is 1.16 bits per heavy atom. The lowest BCUT2D eigenvalue weighted by molar-refractivity contribution is 0.103. The second kappa shape index (κ2) is 9.69. The van der Waals surface area contributed by atoms with Crippen molar-refractivity contribution < 1.29 is 9.59 Å². The van der Waals surface area contributed by atoms with Crippen LogP contribution in [0.25, 0.3) is 0 Å². The normalized spacial score (nSPS) is 20.3. The number of rotatable bonds is 7. The summed E-state index contributed by atoms with van der Waals surface area (Å²) in [5.74, 6) is 1.29. The zero-order valence-electron chi connectivity index (χ0n) is 17.8. The van der Waals surface area contributed by atoms with Crippen LogP contribution in [-0.2, 0) is 0 Å². The molecule has 1 N–H and O–H groups in total. The van der Waals surface area contributed by atoms with Gasteiger partial charge in [-0.25, -0.2) is 9.97 Å². The highest BCUT2D eigenvalue weighted by atomic mass is 35.5. The van der Waals surface area contributed by atoms with Crippen molar-refractivity contribution in [2.45, 2.75) is 39.2 Å². The number of nitrogens with zero attached hydrogens (tertiary/aromatic N) is 2. The smallest absolute Gasteiger partial charge is 0.208 e. The summed E-state index contributed by atoms with van der Waals surface area (Å²) in [4.78, 5) is 34.9. The first-order valence-corrected chi connectivity index (χ1v) is 12.2. The van der Waals surface area contributed by atoms with E-state index in [1.165, 1.54) is 12.5 Å². The molecule has 4 rings (SSSR count). The minimum Gasteiger partial charge on any atom is -0.367 e. The Morgan fingerprint density at radius 3 is 2.69 bits per heavy atom. The van der Waals surface area contributed by atoms with Crippen LogP contribution < -0.4 is 5.32 Å². The number of anilines is 1. The van der Waals surface area contributed by atoms with Crippen molar-refractivity contribution in [2.24, 2.45) is 11.8 Å². The van der Waals surface area contributed by atoms with Crippen molar-refractivity contribution in [1.29, 1.82) is 0 Å². The molecular weight excluding hydrogens is 465 g/mol. The van der Waals surface area contributed by atoms with E-state index in [1.807, 2.05) is 0 Å². The Balaban J connectivity index is 1.58. The lowest BCUT2D eigenvalue weighted by Crippen LogP contribution is -2.19. The maximum Gasteiger partial charge on any atom is 0.208 e. The van der Waals surface area contributed by atoms with Gasteiger partial charge in [0.2, 0.25) is 5.78 Å². The second-order valence-electron chi connectivity index (χ2n) is 8.21. The van der Waals surface area contributed by atoms with Crippen molar-refractivity contribution in [3.05, 3.63) is 73.8 Å². The predicted octanol–water partition coefficient (Wildman–Crippen LogP) is 6.54. The van der Waals surface area contributed by atoms with E-state index in [4.69, 9.17) is 23.2 Å². The van der Waals surface area contributed by atoms with Crippen LogP contribution in [-0.4, -0.2) is 27.6 Å². The summed E-state index contributed by atoms with van der Waals surface area (Å²) in [6.07, 6.45) is 6.19. The van der Waals surface area contributed by atoms with E-state index in [-0.39, 0.29) is 27.5 Å². The molecular formula is C24H23Cl2N3O2S. The molecule has 32 heavy (non-hydrogen) atoms. The number of nitrogens with one attached hydrogen (secondary N) is 1. The topological polar surface area (TPSA) is 72.0 Å². The number of carbonyl (C=O) groups excluding carboxylic acids is 2. The monoisotopic (exact) mass is 487 g/mol. The van der Waals surface area contributed by atoms with Crippen molar-refractivity contribution in [3.8, 4) is 0 Å². The molecule has 0 aliphatic heterocycles. The van der Waals surface area contributed by atoms with Crippen molar-refractivity contribution in [3.63, 3.8) is 0 Å². The Morgan fingerprint density at radius 2 is 1.97 bits per heavy atom. The fourth-order valence-electron chi connectivity index (χ4n) is 4.38. The quantitative estimate of drug-likeness (QED) is 0.382. The van der Waals surface area contributed by atoms with Gasteiger partial charge >= 0.3 is 0 Å². The highest BCUT2D eigenvalue weighted by molar-refractivity contribution is 7.18. The molecule has 1 aliphatic carbocycles. The predicted molar refractivity (Wildman–Crippen MR) is 129 cm³/mol. The number of hydrogen-bond donors (Lipinski definition) is 1. The molecule has 0 saturated heterocycles. The molecule has 1 saturated carbocycles. The summed E-state index contributed by atoms with van der Waals surface area (Å²) in [5, 5.41) is 3.91. The van der Waals surface area contributed by atoms with Gasteiger partial charge in [-0.05, 0) is 42.9 Å². The van der Waals surface area contributed by atoms with E-state index in [0.717, 1.165) is 30.6 Å². The zero-order chi connectivity index (χ0) is 22.8. The second-order valence-corrected chi connectivity index (χ2v) is 10.3. The third-order valence-corrected chi connectivity index (χ3v) is 7.70. The fraction of sp³-hybridized carbons (Fsp3) is 0.333. The molecule has 8 heteroatoms. The SMILES string of the molecule is CC[C@H]1C[C@@H](Nc2ncncc2C(=O)c2cc(C(=O)c3cccc(Cl)c3)c(Cl)s2)C[C@@H]1C. The van der Waals surface area contributed by atoms with Crippen molar-refractivity contribution in [1.82, 2.24) is 9.97 Å². The summed E-state index contributed by atoms with van der Waals surface area (Å²) in [5.41, 5.74) is 1.08. The summed E-state index contributed by atoms with van der Waals surface area (Å²) < 4.78 is 0.264. The van der Waals surface area contributed by atoms with Gasteiger partial charge in [-0.1, -0.05) is 55.6 Å². The van der Waals surface area contributed by atoms with E-state index in [2.05, 4.69) is 29.1 Å². The van der Waals surface area contributed by atoms with Crippen LogP contribution in [0.3, 0.4) is 0 Å². The van der Waals surface area contributed by atoms with Crippen molar-refractivity contribution >= 4 is 51.9 Å². The van der Waals surface area contributed by atoms with Crippen LogP contribution in [0.15, 0.2) is 42.9 Å². The number of benzene rings is 1. The van der Waals surface area contributed by atoms with Gasteiger partial charge in [0.05, 0.1) is 16.0 Å². The number of halogens is 2. The Kier molecular flexibility index (Phi) is 6.93. The lowest BCUT2D eigenvalue weighted by Gasteiger charge is -2.15. The number of thiophene rings is 1. The van der Waals surface area contributed by atoms with Crippen molar-refractivity contribution in [2.75, 3.05) is 5.32 Å². The molecule has 2 heterocycles. The Hall–Kier alpha value is -2.28. The molecule has 0 unspecified atom stereocenters. The standard InChI is InChI=1S/C24H23Cl2N3O2S/c1-3-14-9-17(7-13(14)2)29-24-19(11-27-12-28-24)22(31)20-10-18(23(26)32-20)21(30)15-5-4-6-16(25)8-15/h4-6,8,10-14,17H,3,7,9H2,1-2H3,(H,27,28,29)/t13-,14-,17-/m0/s1. The number of ketones is 2. The minimum atomic E-state index is -0.277. The first-order chi connectivity index (χ1) is 15.4. The maximum absolute atomic E-state index is 13.3. The number of carbonyl (C=O) groups is 2. The molecule has 0 radical (unpaired) electrons. The van der Waals surface area contributed by atoms with E-state index >= 15 is 0 Å². The lowest BCUT2D eigenvalue weighted by atomic mass is 9.96. The van der Waals surface area contributed by atoms with E-state index in [1.54, 1.807) is 30.3 Å². The van der Waals surface area contributed by atoms with Gasteiger partial charge in [0.1, 0.15) is 16.5 Å². The number of hydrogen-bond acceptors (Lipinski definition) is 6. The van der Waals surface area contributed by atoms with Gasteiger partial charge < -0.3 is 5.32 Å². The summed E-state index contributed by atoms with van der Waals surface area (Å²) in [7, 11) is 0. The van der Waals surface area contributed by atoms with Crippen LogP contribution >= 0.6 is 34.5 Å². The summed E-state index contributed by atoms with van der Waals surface area (Å²) in [6, 6.07) is 8.46. The molecule has 0 bridgehead atoms. The molecule has 5 nitrogen and oxygen atoms in total. The molecule has 3 atom stereocenters. The molecule has 2 aromatic heterocycles. The Bertz CT molecular complexity index is 1160. The molecule has 1 fully saturated rings. The van der Waals surface area contributed by atoms with Crippen LogP contribution in [0.2, 0.25) is 9.36 Å². The van der Waals surface area contributed by atoms with Crippen LogP contribution in [0.5, 0.6) is 0 Å². The van der Waals surface area contributed by atoms with Crippen LogP contribution in [0.1, 0.15) is 64.3 Å². The highest BCUT2D eigenvalue weighted by Gasteiger charge is 2.31. The minimum absolute atomic E-state index is 0.261. The van der Waals surface area contributed by atoms with Crippen LogP contribution in [0, 0.1) is 11.8 Å². The van der Waals surface area contributed by atoms with Gasteiger partial charge in [-0.15, -0.1) is 11.3 Å². The van der Waals surface area contributed by atoms with E-state index < -0.39 is 0 Å². The molecule has 166 valence electrons. The Labute approximate surface area is 201 Å². The first-order valence-electron chi connectivity index (χ1n) is 10.6. The average molecular weight is 488 g/mol. The molecule has 1 aromatic carbocycles. The van der Waals surface area contributed by atoms with Gasteiger partial charge in [0.15, 0.2) is 5.78 Å². The summed E-state index contributed by atoms with van der Waals surface area (Å²) >= 11 is 13.4. The average Bonchev–Trinajstić information content (AvgIpc) is 3.35. The largest absolute Gasteiger partial charge is 0.367 e. The zero-order valence-corrected chi connectivity index (χ0v) is 20.1. The molecule has 0 spiro atoms. The molecule has 3 aromatic rings. The van der Waals surface area contributed by atoms with E-state index in [0.29, 0.717) is 38.7 Å².